The number of esters is 1. The fraction of sp³-hybridized carbons (Fsp3) is 0.917. The second kappa shape index (κ2) is 9.27. The van der Waals surface area contributed by atoms with E-state index >= 15 is 0 Å². The van der Waals surface area contributed by atoms with Crippen molar-refractivity contribution >= 4 is 5.97 Å². The van der Waals surface area contributed by atoms with Gasteiger partial charge in [0.1, 0.15) is 12.6 Å². The van der Waals surface area contributed by atoms with Gasteiger partial charge in [-0.05, 0) is 6.42 Å². The van der Waals surface area contributed by atoms with E-state index in [1.807, 2.05) is 0 Å². The molecule has 18 heavy (non-hydrogen) atoms. The average Bonchev–Trinajstić information content (AvgIpc) is 2.86. The molecule has 2 atom stereocenters. The summed E-state index contributed by atoms with van der Waals surface area (Å²) in [7, 11) is 3.30. The van der Waals surface area contributed by atoms with E-state index in [9.17, 15) is 4.79 Å². The van der Waals surface area contributed by atoms with Gasteiger partial charge in [0.15, 0.2) is 0 Å². The number of methoxy groups -OCH3 is 2. The Morgan fingerprint density at radius 2 is 2.06 bits per heavy atom. The Kier molecular flexibility index (Phi) is 7.91. The molecule has 2 unspecified atom stereocenters. The minimum absolute atomic E-state index is 0.104. The maximum absolute atomic E-state index is 11.6. The molecule has 1 fully saturated rings. The monoisotopic (exact) mass is 261 g/mol. The Bertz CT molecular complexity index is 237. The molecule has 0 aliphatic carbocycles. The zero-order valence-electron chi connectivity index (χ0n) is 11.1. The predicted molar refractivity (Wildman–Crippen MR) is 65.5 cm³/mol. The van der Waals surface area contributed by atoms with Crippen LogP contribution in [0, 0.1) is 0 Å². The molecular formula is C12H23NO5. The molecule has 6 nitrogen and oxygen atoms in total. The molecule has 1 N–H and O–H groups in total. The molecule has 1 aliphatic heterocycles. The Balaban J connectivity index is 1.97. The maximum Gasteiger partial charge on any atom is 0.323 e. The number of hydrogen-bond acceptors (Lipinski definition) is 6. The SMILES string of the molecule is COCCCOCCOC(=O)C1CC(OC)CN1. The minimum atomic E-state index is -0.247. The summed E-state index contributed by atoms with van der Waals surface area (Å²) in [6.07, 6.45) is 1.63. The van der Waals surface area contributed by atoms with E-state index in [1.54, 1.807) is 14.2 Å². The van der Waals surface area contributed by atoms with E-state index in [1.165, 1.54) is 0 Å². The van der Waals surface area contributed by atoms with Gasteiger partial charge in [-0.2, -0.15) is 0 Å². The van der Waals surface area contributed by atoms with Crippen LogP contribution in [0.5, 0.6) is 0 Å². The van der Waals surface area contributed by atoms with E-state index in [4.69, 9.17) is 18.9 Å². The molecule has 0 radical (unpaired) electrons. The van der Waals surface area contributed by atoms with Crippen molar-refractivity contribution in [3.05, 3.63) is 0 Å². The van der Waals surface area contributed by atoms with Crippen LogP contribution in [-0.4, -0.2) is 65.3 Å². The number of hydrogen-bond donors (Lipinski definition) is 1. The largest absolute Gasteiger partial charge is 0.462 e. The van der Waals surface area contributed by atoms with E-state index in [2.05, 4.69) is 5.32 Å². The van der Waals surface area contributed by atoms with Crippen molar-refractivity contribution in [1.82, 2.24) is 5.32 Å². The highest BCUT2D eigenvalue weighted by atomic mass is 16.6. The van der Waals surface area contributed by atoms with Crippen LogP contribution >= 0.6 is 0 Å². The Morgan fingerprint density at radius 3 is 2.72 bits per heavy atom. The minimum Gasteiger partial charge on any atom is -0.462 e. The second-order valence-corrected chi connectivity index (χ2v) is 4.18. The van der Waals surface area contributed by atoms with Crippen molar-refractivity contribution in [3.63, 3.8) is 0 Å². The summed E-state index contributed by atoms with van der Waals surface area (Å²) in [5, 5.41) is 3.07. The van der Waals surface area contributed by atoms with Crippen LogP contribution in [0.15, 0.2) is 0 Å². The lowest BCUT2D eigenvalue weighted by Crippen LogP contribution is -2.33. The molecule has 0 bridgehead atoms. The maximum atomic E-state index is 11.6. The lowest BCUT2D eigenvalue weighted by Gasteiger charge is -2.10. The van der Waals surface area contributed by atoms with Gasteiger partial charge in [-0.1, -0.05) is 0 Å². The van der Waals surface area contributed by atoms with Crippen molar-refractivity contribution in [2.24, 2.45) is 0 Å². The first-order chi connectivity index (χ1) is 8.77. The number of carbonyl (C=O) groups is 1. The predicted octanol–water partition coefficient (Wildman–Crippen LogP) is -0.0404. The van der Waals surface area contributed by atoms with Crippen molar-refractivity contribution in [3.8, 4) is 0 Å². The van der Waals surface area contributed by atoms with Crippen molar-refractivity contribution < 1.29 is 23.7 Å². The molecule has 0 aromatic heterocycles. The molecular weight excluding hydrogens is 238 g/mol. The molecule has 1 saturated heterocycles. The lowest BCUT2D eigenvalue weighted by molar-refractivity contribution is -0.147. The molecule has 1 rings (SSSR count). The first-order valence-corrected chi connectivity index (χ1v) is 6.27. The topological polar surface area (TPSA) is 66.0 Å². The summed E-state index contributed by atoms with van der Waals surface area (Å²) < 4.78 is 20.5. The fourth-order valence-corrected chi connectivity index (χ4v) is 1.77. The van der Waals surface area contributed by atoms with Crippen LogP contribution in [0.4, 0.5) is 0 Å². The fourth-order valence-electron chi connectivity index (χ4n) is 1.77. The van der Waals surface area contributed by atoms with E-state index in [0.717, 1.165) is 6.42 Å². The molecule has 0 amide bonds. The van der Waals surface area contributed by atoms with Gasteiger partial charge < -0.3 is 24.3 Å². The quantitative estimate of drug-likeness (QED) is 0.464. The number of rotatable bonds is 9. The van der Waals surface area contributed by atoms with Crippen molar-refractivity contribution in [2.45, 2.75) is 25.0 Å². The molecule has 6 heteroatoms. The molecule has 106 valence electrons. The van der Waals surface area contributed by atoms with Crippen LogP contribution in [0.25, 0.3) is 0 Å². The zero-order chi connectivity index (χ0) is 13.2. The summed E-state index contributed by atoms with van der Waals surface area (Å²) in [5.74, 6) is -0.227. The number of carbonyl (C=O) groups excluding carboxylic acids is 1. The highest BCUT2D eigenvalue weighted by molar-refractivity contribution is 5.76. The third-order valence-electron chi connectivity index (χ3n) is 2.82. The Morgan fingerprint density at radius 1 is 1.22 bits per heavy atom. The highest BCUT2D eigenvalue weighted by Gasteiger charge is 2.30. The summed E-state index contributed by atoms with van der Waals surface area (Å²) in [4.78, 5) is 11.6. The number of nitrogens with one attached hydrogen (secondary N) is 1. The molecule has 0 aromatic rings. The molecule has 0 saturated carbocycles. The van der Waals surface area contributed by atoms with Crippen LogP contribution in [0.3, 0.4) is 0 Å². The molecule has 1 aliphatic rings. The van der Waals surface area contributed by atoms with Gasteiger partial charge in [-0.25, -0.2) is 0 Å². The molecule has 0 spiro atoms. The Labute approximate surface area is 108 Å². The smallest absolute Gasteiger partial charge is 0.323 e. The first kappa shape index (κ1) is 15.4. The second-order valence-electron chi connectivity index (χ2n) is 4.18. The van der Waals surface area contributed by atoms with Gasteiger partial charge in [0, 0.05) is 40.4 Å². The molecule has 1 heterocycles. The van der Waals surface area contributed by atoms with Crippen LogP contribution in [0.2, 0.25) is 0 Å². The summed E-state index contributed by atoms with van der Waals surface area (Å²) in [6, 6.07) is -0.247. The van der Waals surface area contributed by atoms with Crippen LogP contribution < -0.4 is 5.32 Å². The van der Waals surface area contributed by atoms with Crippen LogP contribution in [0.1, 0.15) is 12.8 Å². The average molecular weight is 261 g/mol. The van der Waals surface area contributed by atoms with Crippen molar-refractivity contribution in [1.29, 1.82) is 0 Å². The van der Waals surface area contributed by atoms with Gasteiger partial charge in [0.05, 0.1) is 12.7 Å². The van der Waals surface area contributed by atoms with Crippen molar-refractivity contribution in [2.75, 3.05) is 47.2 Å². The zero-order valence-corrected chi connectivity index (χ0v) is 11.1. The van der Waals surface area contributed by atoms with Gasteiger partial charge in [-0.15, -0.1) is 0 Å². The summed E-state index contributed by atoms with van der Waals surface area (Å²) in [5.41, 5.74) is 0. The van der Waals surface area contributed by atoms with Gasteiger partial charge in [0.2, 0.25) is 0 Å². The third-order valence-corrected chi connectivity index (χ3v) is 2.82. The number of ether oxygens (including phenoxy) is 4. The van der Waals surface area contributed by atoms with Gasteiger partial charge in [0.25, 0.3) is 0 Å². The normalized spacial score (nSPS) is 23.2. The summed E-state index contributed by atoms with van der Waals surface area (Å²) in [6.45, 7) is 2.73. The van der Waals surface area contributed by atoms with E-state index in [0.29, 0.717) is 39.4 Å². The summed E-state index contributed by atoms with van der Waals surface area (Å²) >= 11 is 0. The molecule has 0 aromatic carbocycles. The third kappa shape index (κ3) is 5.77. The van der Waals surface area contributed by atoms with Gasteiger partial charge >= 0.3 is 5.97 Å². The standard InChI is InChI=1S/C12H23NO5/c1-15-4-3-5-17-6-7-18-12(14)11-8-10(16-2)9-13-11/h10-11,13H,3-9H2,1-2H3. The lowest BCUT2D eigenvalue weighted by atomic mass is 10.2. The van der Waals surface area contributed by atoms with Gasteiger partial charge in [-0.3, -0.25) is 4.79 Å². The van der Waals surface area contributed by atoms with E-state index in [-0.39, 0.29) is 18.1 Å². The van der Waals surface area contributed by atoms with Crippen LogP contribution in [-0.2, 0) is 23.7 Å². The first-order valence-electron chi connectivity index (χ1n) is 6.27. The highest BCUT2D eigenvalue weighted by Crippen LogP contribution is 2.10. The Hall–Kier alpha value is -0.690. The van der Waals surface area contributed by atoms with E-state index < -0.39 is 0 Å².